The number of aliphatic hydroxyl groups excluding tert-OH is 1. The number of pyridine rings is 2. The van der Waals surface area contributed by atoms with E-state index in [1.54, 1.807) is 17.6 Å². The van der Waals surface area contributed by atoms with Gasteiger partial charge in [0.1, 0.15) is 5.65 Å². The molecule has 32 heavy (non-hydrogen) atoms. The largest absolute Gasteiger partial charge is 0.479 e. The van der Waals surface area contributed by atoms with Gasteiger partial charge in [0.25, 0.3) is 5.56 Å². The highest BCUT2D eigenvalue weighted by molar-refractivity contribution is 5.84. The molecule has 3 N–H and O–H groups in total. The van der Waals surface area contributed by atoms with Crippen molar-refractivity contribution in [2.75, 3.05) is 26.1 Å². The molecule has 0 saturated heterocycles. The highest BCUT2D eigenvalue weighted by atomic mass is 19.1. The van der Waals surface area contributed by atoms with Gasteiger partial charge in [-0.25, -0.2) is 14.4 Å². The number of methoxy groups -OCH3 is 1. The number of fused-ring (bicyclic) bond motifs is 1. The van der Waals surface area contributed by atoms with Crippen LogP contribution in [0.15, 0.2) is 23.1 Å². The molecule has 10 heteroatoms. The predicted octanol–water partition coefficient (Wildman–Crippen LogP) is 2.38. The van der Waals surface area contributed by atoms with Gasteiger partial charge in [-0.3, -0.25) is 9.36 Å². The van der Waals surface area contributed by atoms with Crippen molar-refractivity contribution in [3.05, 3.63) is 40.2 Å². The van der Waals surface area contributed by atoms with Crippen LogP contribution in [0.2, 0.25) is 0 Å². The molecule has 1 aliphatic carbocycles. The average Bonchev–Trinajstić information content (AvgIpc) is 2.78. The van der Waals surface area contributed by atoms with Gasteiger partial charge >= 0.3 is 0 Å². The van der Waals surface area contributed by atoms with Crippen LogP contribution in [0.25, 0.3) is 22.2 Å². The summed E-state index contributed by atoms with van der Waals surface area (Å²) in [5, 5.41) is 9.66. The minimum Gasteiger partial charge on any atom is -0.479 e. The summed E-state index contributed by atoms with van der Waals surface area (Å²) in [5.41, 5.74) is 7.35. The Kier molecular flexibility index (Phi) is 6.33. The summed E-state index contributed by atoms with van der Waals surface area (Å²) in [6.45, 7) is 2.08. The van der Waals surface area contributed by atoms with E-state index in [-0.39, 0.29) is 36.1 Å². The normalized spacial score (nSPS) is 18.8. The first kappa shape index (κ1) is 22.1. The fraction of sp³-hybridized carbons (Fsp3) is 0.455. The van der Waals surface area contributed by atoms with E-state index in [0.29, 0.717) is 47.3 Å². The van der Waals surface area contributed by atoms with Gasteiger partial charge in [-0.15, -0.1) is 0 Å². The Hall–Kier alpha value is -3.11. The number of aromatic nitrogens is 4. The lowest BCUT2D eigenvalue weighted by molar-refractivity contribution is 0.00169. The van der Waals surface area contributed by atoms with Crippen LogP contribution < -0.4 is 16.0 Å². The van der Waals surface area contributed by atoms with Gasteiger partial charge in [0.2, 0.25) is 11.8 Å². The molecular weight excluding hydrogens is 417 g/mol. The second-order valence-electron chi connectivity index (χ2n) is 7.88. The van der Waals surface area contributed by atoms with E-state index in [9.17, 15) is 9.18 Å². The number of halogens is 1. The Labute approximate surface area is 184 Å². The zero-order valence-corrected chi connectivity index (χ0v) is 18.0. The third kappa shape index (κ3) is 4.15. The van der Waals surface area contributed by atoms with E-state index < -0.39 is 5.82 Å². The third-order valence-corrected chi connectivity index (χ3v) is 5.86. The Bertz CT molecular complexity index is 1190. The number of rotatable bonds is 6. The number of nitrogens with two attached hydrogens (primary N) is 1. The highest BCUT2D eigenvalue weighted by Gasteiger charge is 2.27. The van der Waals surface area contributed by atoms with E-state index >= 15 is 0 Å². The first-order valence-electron chi connectivity index (χ1n) is 10.5. The first-order valence-corrected chi connectivity index (χ1v) is 10.5. The molecule has 1 fully saturated rings. The van der Waals surface area contributed by atoms with Crippen molar-refractivity contribution in [3.63, 3.8) is 0 Å². The molecule has 0 unspecified atom stereocenters. The van der Waals surface area contributed by atoms with Gasteiger partial charge in [0.05, 0.1) is 32.1 Å². The summed E-state index contributed by atoms with van der Waals surface area (Å²) in [4.78, 5) is 26.2. The third-order valence-electron chi connectivity index (χ3n) is 5.86. The fourth-order valence-electron chi connectivity index (χ4n) is 4.33. The molecule has 1 aliphatic rings. The summed E-state index contributed by atoms with van der Waals surface area (Å²) in [6, 6.07) is 2.79. The quantitative estimate of drug-likeness (QED) is 0.595. The van der Waals surface area contributed by atoms with Crippen molar-refractivity contribution < 1.29 is 19.0 Å². The first-order chi connectivity index (χ1) is 15.4. The number of hydrogen-bond acceptors (Lipinski definition) is 8. The van der Waals surface area contributed by atoms with Crippen LogP contribution in [0.4, 0.5) is 10.3 Å². The van der Waals surface area contributed by atoms with Crippen LogP contribution in [-0.2, 0) is 4.74 Å². The van der Waals surface area contributed by atoms with E-state index in [4.69, 9.17) is 20.3 Å². The van der Waals surface area contributed by atoms with Crippen molar-refractivity contribution in [1.29, 1.82) is 0 Å². The molecular formula is C22H26FN5O4. The number of aliphatic hydroxyl groups is 1. The number of nitrogen functional groups attached to an aromatic ring is 1. The molecule has 0 bridgehead atoms. The van der Waals surface area contributed by atoms with Crippen molar-refractivity contribution in [2.45, 2.75) is 44.8 Å². The summed E-state index contributed by atoms with van der Waals surface area (Å²) >= 11 is 0. The molecule has 3 aromatic rings. The molecule has 0 amide bonds. The van der Waals surface area contributed by atoms with Crippen molar-refractivity contribution in [2.24, 2.45) is 0 Å². The van der Waals surface area contributed by atoms with Gasteiger partial charge in [-0.1, -0.05) is 0 Å². The van der Waals surface area contributed by atoms with E-state index in [1.807, 2.05) is 0 Å². The highest BCUT2D eigenvalue weighted by Crippen LogP contribution is 2.33. The number of ether oxygens (including phenoxy) is 2. The minimum absolute atomic E-state index is 0.0198. The standard InChI is InChI=1S/C22H26FN5O4/c1-12-16-10-17(13-9-18(23)20(31-2)25-11-13)21(30)28(19(16)27-22(24)26-12)14-3-5-15(6-4-14)32-8-7-29/h9-11,14-15,29H,3-8H2,1-2H3,(H2,24,26,27)/t14-,15-. The fourth-order valence-corrected chi connectivity index (χ4v) is 4.33. The smallest absolute Gasteiger partial charge is 0.260 e. The predicted molar refractivity (Wildman–Crippen MR) is 117 cm³/mol. The van der Waals surface area contributed by atoms with Gasteiger partial charge in [0.15, 0.2) is 5.82 Å². The van der Waals surface area contributed by atoms with Crippen LogP contribution in [-0.4, -0.2) is 51.1 Å². The minimum atomic E-state index is -0.650. The molecule has 1 saturated carbocycles. The van der Waals surface area contributed by atoms with Gasteiger partial charge < -0.3 is 20.3 Å². The Morgan fingerprint density at radius 2 is 2.00 bits per heavy atom. The van der Waals surface area contributed by atoms with Crippen LogP contribution in [0.1, 0.15) is 37.4 Å². The molecule has 3 aromatic heterocycles. The van der Waals surface area contributed by atoms with E-state index in [1.165, 1.54) is 19.4 Å². The summed E-state index contributed by atoms with van der Waals surface area (Å²) in [7, 11) is 1.33. The molecule has 0 aliphatic heterocycles. The lowest BCUT2D eigenvalue weighted by Crippen LogP contribution is -2.32. The molecule has 0 radical (unpaired) electrons. The SMILES string of the molecule is COc1ncc(-c2cc3c(C)nc(N)nc3n([C@H]3CC[C@H](OCCO)CC3)c2=O)cc1F. The van der Waals surface area contributed by atoms with Gasteiger partial charge in [-0.05, 0) is 44.7 Å². The number of hydrogen-bond donors (Lipinski definition) is 2. The Morgan fingerprint density at radius 1 is 1.25 bits per heavy atom. The maximum Gasteiger partial charge on any atom is 0.260 e. The second-order valence-corrected chi connectivity index (χ2v) is 7.88. The summed E-state index contributed by atoms with van der Waals surface area (Å²) in [5.74, 6) is -0.695. The van der Waals surface area contributed by atoms with Crippen LogP contribution >= 0.6 is 0 Å². The molecule has 4 rings (SSSR count). The number of anilines is 1. The van der Waals surface area contributed by atoms with Crippen LogP contribution in [0.5, 0.6) is 5.88 Å². The van der Waals surface area contributed by atoms with Crippen molar-refractivity contribution in [1.82, 2.24) is 19.5 Å². The van der Waals surface area contributed by atoms with Crippen LogP contribution in [0.3, 0.4) is 0 Å². The molecule has 0 atom stereocenters. The monoisotopic (exact) mass is 443 g/mol. The number of nitrogens with zero attached hydrogens (tertiary/aromatic N) is 4. The summed E-state index contributed by atoms with van der Waals surface area (Å²) < 4.78 is 26.5. The van der Waals surface area contributed by atoms with E-state index in [2.05, 4.69) is 15.0 Å². The lowest BCUT2D eigenvalue weighted by atomic mass is 9.92. The maximum absolute atomic E-state index is 14.3. The topological polar surface area (TPSA) is 125 Å². The van der Waals surface area contributed by atoms with Crippen molar-refractivity contribution in [3.8, 4) is 17.0 Å². The zero-order valence-electron chi connectivity index (χ0n) is 18.0. The number of aryl methyl sites for hydroxylation is 1. The molecule has 3 heterocycles. The molecule has 0 aromatic carbocycles. The average molecular weight is 443 g/mol. The summed E-state index contributed by atoms with van der Waals surface area (Å²) in [6.07, 6.45) is 4.37. The van der Waals surface area contributed by atoms with E-state index in [0.717, 1.165) is 12.8 Å². The Morgan fingerprint density at radius 3 is 2.66 bits per heavy atom. The van der Waals surface area contributed by atoms with Crippen molar-refractivity contribution >= 4 is 17.0 Å². The lowest BCUT2D eigenvalue weighted by Gasteiger charge is -2.30. The molecule has 170 valence electrons. The van der Waals surface area contributed by atoms with Crippen LogP contribution in [0, 0.1) is 12.7 Å². The Balaban J connectivity index is 1.83. The maximum atomic E-state index is 14.3. The zero-order chi connectivity index (χ0) is 22.8. The van der Waals surface area contributed by atoms with Gasteiger partial charge in [0, 0.05) is 28.8 Å². The molecule has 9 nitrogen and oxygen atoms in total. The molecule has 0 spiro atoms. The second kappa shape index (κ2) is 9.17. The van der Waals surface area contributed by atoms with Gasteiger partial charge in [-0.2, -0.15) is 4.98 Å².